The summed E-state index contributed by atoms with van der Waals surface area (Å²) in [6.45, 7) is 7.11. The maximum Gasteiger partial charge on any atom is 0.323 e. The maximum absolute atomic E-state index is 13.5. The first-order valence-electron chi connectivity index (χ1n) is 12.3. The van der Waals surface area contributed by atoms with Crippen LogP contribution in [-0.2, 0) is 11.3 Å². The zero-order valence-electron chi connectivity index (χ0n) is 21.5. The third-order valence-corrected chi connectivity index (χ3v) is 6.56. The topological polar surface area (TPSA) is 132 Å². The second-order valence-corrected chi connectivity index (χ2v) is 9.38. The van der Waals surface area contributed by atoms with Gasteiger partial charge in [0.2, 0.25) is 0 Å². The van der Waals surface area contributed by atoms with Crippen molar-refractivity contribution in [2.24, 2.45) is 0 Å². The molecule has 0 unspecified atom stereocenters. The maximum atomic E-state index is 13.5. The molecule has 0 fully saturated rings. The van der Waals surface area contributed by atoms with Gasteiger partial charge in [-0.05, 0) is 48.2 Å². The van der Waals surface area contributed by atoms with E-state index in [0.717, 1.165) is 11.1 Å². The molecule has 2 aromatic rings. The van der Waals surface area contributed by atoms with Crippen molar-refractivity contribution in [1.29, 1.82) is 5.41 Å². The summed E-state index contributed by atoms with van der Waals surface area (Å²) in [7, 11) is 1.54. The number of carbonyl (C=O) groups is 3. The van der Waals surface area contributed by atoms with Crippen LogP contribution in [0.5, 0.6) is 11.5 Å². The third-order valence-electron chi connectivity index (χ3n) is 6.56. The normalized spacial score (nSPS) is 14.2. The summed E-state index contributed by atoms with van der Waals surface area (Å²) < 4.78 is 11.5. The molecule has 0 aromatic heterocycles. The Hall–Kier alpha value is -4.08. The molecule has 3 N–H and O–H groups in total. The number of anilines is 1. The molecule has 4 rings (SSSR count). The van der Waals surface area contributed by atoms with E-state index in [2.05, 4.69) is 5.32 Å². The van der Waals surface area contributed by atoms with Gasteiger partial charge in [-0.15, -0.1) is 0 Å². The molecule has 0 atom stereocenters. The minimum absolute atomic E-state index is 0.0388. The lowest BCUT2D eigenvalue weighted by Gasteiger charge is -2.32. The van der Waals surface area contributed by atoms with E-state index in [1.165, 1.54) is 7.05 Å². The zero-order valence-corrected chi connectivity index (χ0v) is 21.5. The predicted octanol–water partition coefficient (Wildman–Crippen LogP) is 2.88. The number of ether oxygens (including phenoxy) is 2. The van der Waals surface area contributed by atoms with Crippen molar-refractivity contribution in [2.45, 2.75) is 33.2 Å². The van der Waals surface area contributed by atoms with Crippen molar-refractivity contribution < 1.29 is 29.0 Å². The van der Waals surface area contributed by atoms with E-state index in [1.807, 2.05) is 20.8 Å². The summed E-state index contributed by atoms with van der Waals surface area (Å²) in [5.41, 5.74) is 3.61. The van der Waals surface area contributed by atoms with E-state index in [0.29, 0.717) is 60.2 Å². The molecule has 1 amide bonds. The number of benzene rings is 2. The largest absolute Gasteiger partial charge is 0.493 e. The second-order valence-electron chi connectivity index (χ2n) is 9.38. The monoisotopic (exact) mass is 508 g/mol. The van der Waals surface area contributed by atoms with Crippen molar-refractivity contribution in [3.05, 3.63) is 52.1 Å². The number of hydrogen-bond acceptors (Lipinski definition) is 7. The highest BCUT2D eigenvalue weighted by Crippen LogP contribution is 2.40. The number of carboxylic acids is 1. The number of aliphatic carboxylic acids is 1. The highest BCUT2D eigenvalue weighted by Gasteiger charge is 2.31. The zero-order chi connectivity index (χ0) is 26.9. The Morgan fingerprint density at radius 3 is 2.57 bits per heavy atom. The minimum Gasteiger partial charge on any atom is -0.493 e. The number of nitrogens with one attached hydrogen (secondary N) is 2. The van der Waals surface area contributed by atoms with E-state index >= 15 is 0 Å². The van der Waals surface area contributed by atoms with Crippen LogP contribution in [0.2, 0.25) is 0 Å². The first-order chi connectivity index (χ1) is 17.6. The van der Waals surface area contributed by atoms with E-state index in [9.17, 15) is 19.5 Å². The van der Waals surface area contributed by atoms with Crippen molar-refractivity contribution >= 4 is 29.2 Å². The summed E-state index contributed by atoms with van der Waals surface area (Å²) in [5, 5.41) is 20.6. The average molecular weight is 509 g/mol. The number of rotatable bonds is 9. The molecule has 0 saturated carbocycles. The van der Waals surface area contributed by atoms with Crippen LogP contribution in [0.1, 0.15) is 64.1 Å². The van der Waals surface area contributed by atoms with Crippen molar-refractivity contribution in [3.8, 4) is 11.5 Å². The van der Waals surface area contributed by atoms with Gasteiger partial charge in [-0.25, -0.2) is 0 Å². The van der Waals surface area contributed by atoms with Crippen LogP contribution in [0, 0.1) is 5.41 Å². The highest BCUT2D eigenvalue weighted by molar-refractivity contribution is 6.08. The van der Waals surface area contributed by atoms with Crippen molar-refractivity contribution in [2.75, 3.05) is 44.8 Å². The number of ketones is 1. The quantitative estimate of drug-likeness (QED) is 0.441. The van der Waals surface area contributed by atoms with Gasteiger partial charge in [-0.1, -0.05) is 13.8 Å². The number of carboxylic acid groups (broad SMARTS) is 1. The molecule has 2 aliphatic heterocycles. The van der Waals surface area contributed by atoms with E-state index in [1.54, 1.807) is 34.1 Å². The van der Waals surface area contributed by atoms with E-state index < -0.39 is 5.97 Å². The van der Waals surface area contributed by atoms with Gasteiger partial charge in [0.15, 0.2) is 5.78 Å². The smallest absolute Gasteiger partial charge is 0.323 e. The molecule has 10 nitrogen and oxygen atoms in total. The lowest BCUT2D eigenvalue weighted by Crippen LogP contribution is -2.37. The lowest BCUT2D eigenvalue weighted by atomic mass is 9.95. The Bertz CT molecular complexity index is 1270. The van der Waals surface area contributed by atoms with Gasteiger partial charge in [0, 0.05) is 24.7 Å². The molecular weight excluding hydrogens is 476 g/mol. The van der Waals surface area contributed by atoms with Crippen LogP contribution in [0.15, 0.2) is 24.3 Å². The summed E-state index contributed by atoms with van der Waals surface area (Å²) in [4.78, 5) is 40.7. The highest BCUT2D eigenvalue weighted by atomic mass is 16.5. The summed E-state index contributed by atoms with van der Waals surface area (Å²) >= 11 is 0. The molecular formula is C27H32N4O6. The number of nitrogens with zero attached hydrogens (tertiary/aromatic N) is 2. The van der Waals surface area contributed by atoms with E-state index in [4.69, 9.17) is 14.9 Å². The molecule has 10 heteroatoms. The predicted molar refractivity (Wildman–Crippen MR) is 138 cm³/mol. The molecule has 0 radical (unpaired) electrons. The van der Waals surface area contributed by atoms with Crippen molar-refractivity contribution in [3.63, 3.8) is 0 Å². The minimum atomic E-state index is -0.957. The first-order valence-corrected chi connectivity index (χ1v) is 12.3. The number of amides is 1. The van der Waals surface area contributed by atoms with Crippen LogP contribution in [0.4, 0.5) is 5.69 Å². The van der Waals surface area contributed by atoms with Gasteiger partial charge < -0.3 is 29.7 Å². The molecule has 0 spiro atoms. The molecule has 196 valence electrons. The van der Waals surface area contributed by atoms with Gasteiger partial charge in [-0.2, -0.15) is 0 Å². The van der Waals surface area contributed by atoms with Gasteiger partial charge in [0.1, 0.15) is 30.5 Å². The Balaban J connectivity index is 1.63. The molecule has 0 aliphatic carbocycles. The number of fused-ring (bicyclic) bond motifs is 2. The Morgan fingerprint density at radius 1 is 1.16 bits per heavy atom. The van der Waals surface area contributed by atoms with Crippen LogP contribution in [-0.4, -0.2) is 73.4 Å². The third kappa shape index (κ3) is 5.09. The average Bonchev–Trinajstić information content (AvgIpc) is 3.16. The van der Waals surface area contributed by atoms with Gasteiger partial charge in [0.05, 0.1) is 30.9 Å². The molecule has 37 heavy (non-hydrogen) atoms. The fraction of sp³-hybridized carbons (Fsp3) is 0.407. The molecule has 0 bridgehead atoms. The SMILES string of the molecule is CCOc1cc2c(cc1C(=O)NC)C(=N)N(CC(=O)c1cc(C(C)C)c3c(c1)N(CC(=O)O)CCO3)C2. The van der Waals surface area contributed by atoms with Crippen LogP contribution in [0.3, 0.4) is 0 Å². The number of carbonyl (C=O) groups excluding carboxylic acids is 2. The van der Waals surface area contributed by atoms with Gasteiger partial charge in [-0.3, -0.25) is 19.8 Å². The molecule has 2 aliphatic rings. The van der Waals surface area contributed by atoms with Gasteiger partial charge >= 0.3 is 5.97 Å². The van der Waals surface area contributed by atoms with Crippen molar-refractivity contribution in [1.82, 2.24) is 10.2 Å². The molecule has 0 saturated heterocycles. The standard InChI is InChI=1S/C27H32N4O6/c1-5-36-23-10-17-12-31(26(28)19(17)11-20(23)27(35)29-4)13-22(32)16-8-18(15(2)3)25-21(9-16)30(6-7-37-25)14-24(33)34/h8-11,15,28H,5-7,12-14H2,1-4H3,(H,29,35)(H,33,34). The summed E-state index contributed by atoms with van der Waals surface area (Å²) in [5.74, 6) is -0.185. The van der Waals surface area contributed by atoms with Gasteiger partial charge in [0.25, 0.3) is 5.91 Å². The fourth-order valence-electron chi connectivity index (χ4n) is 4.74. The Kier molecular flexibility index (Phi) is 7.37. The first kappa shape index (κ1) is 26.0. The fourth-order valence-corrected chi connectivity index (χ4v) is 4.74. The lowest BCUT2D eigenvalue weighted by molar-refractivity contribution is -0.135. The summed E-state index contributed by atoms with van der Waals surface area (Å²) in [6.07, 6.45) is 0. The van der Waals surface area contributed by atoms with Crippen LogP contribution >= 0.6 is 0 Å². The molecule has 2 heterocycles. The Morgan fingerprint density at radius 2 is 1.92 bits per heavy atom. The number of Topliss-reactive ketones (excluding diaryl/α,β-unsaturated/α-hetero) is 1. The van der Waals surface area contributed by atoms with Crippen LogP contribution < -0.4 is 19.7 Å². The number of amidine groups is 1. The summed E-state index contributed by atoms with van der Waals surface area (Å²) in [6, 6.07) is 6.90. The van der Waals surface area contributed by atoms with Crippen LogP contribution in [0.25, 0.3) is 0 Å². The van der Waals surface area contributed by atoms with E-state index in [-0.39, 0.29) is 36.5 Å². The molecule has 2 aromatic carbocycles. The number of hydrogen-bond donors (Lipinski definition) is 3. The Labute approximate surface area is 215 Å². The second kappa shape index (κ2) is 10.5.